The molecule has 0 aromatic rings. The van der Waals surface area contributed by atoms with Crippen LogP contribution in [0.5, 0.6) is 0 Å². The number of nitrogens with one attached hydrogen (secondary N) is 2. The average Bonchev–Trinajstić information content (AvgIpc) is 2.35. The van der Waals surface area contributed by atoms with Gasteiger partial charge in [-0.1, -0.05) is 0 Å². The molecule has 2 amide bonds. The predicted molar refractivity (Wildman–Crippen MR) is 94.1 cm³/mol. The van der Waals surface area contributed by atoms with Gasteiger partial charge in [0.2, 0.25) is 16.6 Å². The van der Waals surface area contributed by atoms with Gasteiger partial charge in [0.1, 0.15) is 0 Å². The Hall–Kier alpha value is -1.69. The quantitative estimate of drug-likeness (QED) is 0.497. The predicted octanol–water partition coefficient (Wildman–Crippen LogP) is 0.611. The Morgan fingerprint density at radius 1 is 0.833 bits per heavy atom. The molecule has 0 aromatic heterocycles. The minimum atomic E-state index is -2.70. The lowest BCUT2D eigenvalue weighted by Gasteiger charge is -2.32. The Morgan fingerprint density at radius 2 is 1.21 bits per heavy atom. The van der Waals surface area contributed by atoms with Crippen LogP contribution in [0.2, 0.25) is 39.3 Å². The van der Waals surface area contributed by atoms with E-state index in [1.54, 1.807) is 46.2 Å². The fraction of sp³-hybridized carbons (Fsp3) is 0.714. The Bertz CT molecular complexity index is 494. The molecule has 10 heteroatoms. The van der Waals surface area contributed by atoms with Gasteiger partial charge >= 0.3 is 17.4 Å². The molecule has 0 spiro atoms. The molecule has 0 saturated heterocycles. The molecule has 0 radical (unpaired) electrons. The summed E-state index contributed by atoms with van der Waals surface area (Å²) in [4.78, 5) is 50.5. The van der Waals surface area contributed by atoms with Crippen LogP contribution in [0.1, 0.15) is 6.92 Å². The lowest BCUT2D eigenvalue weighted by Crippen LogP contribution is -2.63. The second kappa shape index (κ2) is 7.92. The van der Waals surface area contributed by atoms with E-state index in [4.69, 9.17) is 8.85 Å². The van der Waals surface area contributed by atoms with Gasteiger partial charge in [-0.25, -0.2) is 0 Å². The van der Waals surface area contributed by atoms with Crippen molar-refractivity contribution in [2.45, 2.75) is 46.2 Å². The number of carbonyl (C=O) groups excluding carboxylic acids is 4. The van der Waals surface area contributed by atoms with Crippen molar-refractivity contribution < 1.29 is 28.0 Å². The van der Waals surface area contributed by atoms with Crippen LogP contribution < -0.4 is 10.6 Å². The van der Waals surface area contributed by atoms with Crippen LogP contribution in [0.4, 0.5) is 0 Å². The van der Waals surface area contributed by atoms with E-state index in [0.717, 1.165) is 0 Å². The molecule has 0 aliphatic carbocycles. The van der Waals surface area contributed by atoms with Gasteiger partial charge in [-0.3, -0.25) is 19.2 Å². The summed E-state index contributed by atoms with van der Waals surface area (Å²) in [5.74, 6) is -4.51. The number of hydrogen-bond acceptors (Lipinski definition) is 6. The maximum absolute atomic E-state index is 12.7. The maximum Gasteiger partial charge on any atom is 0.329 e. The molecule has 0 aromatic carbocycles. The largest absolute Gasteiger partial charge is 0.518 e. The number of amides is 2. The highest BCUT2D eigenvalue weighted by atomic mass is 28.4. The lowest BCUT2D eigenvalue weighted by atomic mass is 9.86. The molecule has 0 rings (SSSR count). The number of carbonyl (C=O) groups is 4. The zero-order valence-corrected chi connectivity index (χ0v) is 17.7. The second-order valence-electron chi connectivity index (χ2n) is 7.19. The van der Waals surface area contributed by atoms with E-state index in [2.05, 4.69) is 10.6 Å². The van der Waals surface area contributed by atoms with Crippen molar-refractivity contribution in [1.82, 2.24) is 10.6 Å². The van der Waals surface area contributed by atoms with Crippen LogP contribution in [0, 0.1) is 5.41 Å². The molecule has 0 saturated carbocycles. The minimum Gasteiger partial charge on any atom is -0.518 e. The molecule has 8 nitrogen and oxygen atoms in total. The van der Waals surface area contributed by atoms with E-state index in [1.807, 2.05) is 0 Å². The van der Waals surface area contributed by atoms with Crippen LogP contribution in [0.3, 0.4) is 0 Å². The van der Waals surface area contributed by atoms with E-state index in [0.29, 0.717) is 0 Å². The van der Waals surface area contributed by atoms with Crippen LogP contribution in [0.25, 0.3) is 0 Å². The summed E-state index contributed by atoms with van der Waals surface area (Å²) in [5.41, 5.74) is -2.70. The summed E-state index contributed by atoms with van der Waals surface area (Å²) in [5, 5.41) is 4.57. The van der Waals surface area contributed by atoms with Crippen molar-refractivity contribution in [2.75, 3.05) is 13.6 Å². The average molecular weight is 377 g/mol. The highest BCUT2D eigenvalue weighted by Crippen LogP contribution is 2.27. The summed E-state index contributed by atoms with van der Waals surface area (Å²) >= 11 is 0. The first-order chi connectivity index (χ1) is 10.7. The Kier molecular flexibility index (Phi) is 7.37. The Balaban J connectivity index is 6.26. The first-order valence-electron chi connectivity index (χ1n) is 7.69. The van der Waals surface area contributed by atoms with Crippen LogP contribution in [0.15, 0.2) is 0 Å². The summed E-state index contributed by atoms with van der Waals surface area (Å²) < 4.78 is 10.6. The molecule has 24 heavy (non-hydrogen) atoms. The molecule has 0 bridgehead atoms. The molecule has 0 aliphatic rings. The lowest BCUT2D eigenvalue weighted by molar-refractivity contribution is -0.170. The minimum absolute atomic E-state index is 0.137. The molecule has 0 aliphatic heterocycles. The third kappa shape index (κ3) is 5.44. The Labute approximate surface area is 144 Å². The molecular weight excluding hydrogens is 348 g/mol. The zero-order chi connectivity index (χ0) is 19.3. The van der Waals surface area contributed by atoms with Gasteiger partial charge in [0.25, 0.3) is 11.8 Å². The third-order valence-corrected chi connectivity index (χ3v) is 4.25. The monoisotopic (exact) mass is 376 g/mol. The molecule has 0 heterocycles. The highest BCUT2D eigenvalue weighted by Gasteiger charge is 2.63. The SMILES string of the molecule is CCNC(=O)C(C(=O)NC)(C(=O)O[Si](C)(C)C)C(=O)O[Si](C)(C)C. The third-order valence-electron chi connectivity index (χ3n) is 2.66. The Morgan fingerprint density at radius 3 is 1.46 bits per heavy atom. The summed E-state index contributed by atoms with van der Waals surface area (Å²) in [6.45, 7) is 12.0. The smallest absolute Gasteiger partial charge is 0.329 e. The first-order valence-corrected chi connectivity index (χ1v) is 14.5. The summed E-state index contributed by atoms with van der Waals surface area (Å²) in [7, 11) is -3.70. The van der Waals surface area contributed by atoms with Crippen LogP contribution in [-0.2, 0) is 28.0 Å². The van der Waals surface area contributed by atoms with Gasteiger partial charge in [0.05, 0.1) is 0 Å². The molecule has 0 unspecified atom stereocenters. The van der Waals surface area contributed by atoms with Gasteiger partial charge < -0.3 is 19.5 Å². The van der Waals surface area contributed by atoms with E-state index in [9.17, 15) is 19.2 Å². The fourth-order valence-electron chi connectivity index (χ4n) is 1.75. The van der Waals surface area contributed by atoms with E-state index in [-0.39, 0.29) is 6.54 Å². The summed E-state index contributed by atoms with van der Waals surface area (Å²) in [6.07, 6.45) is 0. The van der Waals surface area contributed by atoms with E-state index >= 15 is 0 Å². The summed E-state index contributed by atoms with van der Waals surface area (Å²) in [6, 6.07) is 0. The fourth-order valence-corrected chi connectivity index (χ4v) is 3.17. The van der Waals surface area contributed by atoms with Crippen molar-refractivity contribution in [3.8, 4) is 0 Å². The molecule has 2 N–H and O–H groups in total. The van der Waals surface area contributed by atoms with Crippen molar-refractivity contribution >= 4 is 40.4 Å². The van der Waals surface area contributed by atoms with Gasteiger partial charge in [0, 0.05) is 13.6 Å². The number of hydrogen-bond donors (Lipinski definition) is 2. The molecular formula is C14H28N2O6Si2. The topological polar surface area (TPSA) is 111 Å². The van der Waals surface area contributed by atoms with Gasteiger partial charge in [-0.2, -0.15) is 0 Å². The first kappa shape index (κ1) is 22.3. The molecule has 0 atom stereocenters. The molecule has 0 fully saturated rings. The van der Waals surface area contributed by atoms with Crippen molar-refractivity contribution in [1.29, 1.82) is 0 Å². The van der Waals surface area contributed by atoms with E-state index in [1.165, 1.54) is 7.05 Å². The normalized spacial score (nSPS) is 12.2. The maximum atomic E-state index is 12.7. The zero-order valence-electron chi connectivity index (χ0n) is 15.7. The second-order valence-corrected chi connectivity index (χ2v) is 16.1. The van der Waals surface area contributed by atoms with E-state index < -0.39 is 45.8 Å². The molecule has 138 valence electrons. The van der Waals surface area contributed by atoms with Crippen LogP contribution in [-0.4, -0.2) is 54.0 Å². The number of rotatable bonds is 7. The van der Waals surface area contributed by atoms with Crippen molar-refractivity contribution in [3.05, 3.63) is 0 Å². The van der Waals surface area contributed by atoms with Crippen molar-refractivity contribution in [3.63, 3.8) is 0 Å². The highest BCUT2D eigenvalue weighted by molar-refractivity contribution is 6.72. The van der Waals surface area contributed by atoms with Crippen LogP contribution >= 0.6 is 0 Å². The standard InChI is InChI=1S/C14H28N2O6Si2/c1-9-16-11(18)14(10(17)15-2,12(19)21-23(3,4)5)13(20)22-24(6,7)8/h9H2,1-8H3,(H,15,17)(H,16,18). The van der Waals surface area contributed by atoms with Gasteiger partial charge in [-0.15, -0.1) is 0 Å². The van der Waals surface area contributed by atoms with Gasteiger partial charge in [-0.05, 0) is 46.2 Å². The van der Waals surface area contributed by atoms with Crippen molar-refractivity contribution in [2.24, 2.45) is 5.41 Å². The van der Waals surface area contributed by atoms with Gasteiger partial charge in [0.15, 0.2) is 0 Å².